The first-order chi connectivity index (χ1) is 11.1. The Kier molecular flexibility index (Phi) is 5.24. The van der Waals surface area contributed by atoms with Crippen molar-refractivity contribution in [1.82, 2.24) is 10.9 Å². The van der Waals surface area contributed by atoms with Crippen molar-refractivity contribution >= 4 is 17.5 Å². The Balaban J connectivity index is 1.77. The highest BCUT2D eigenvalue weighted by molar-refractivity contribution is 5.95. The van der Waals surface area contributed by atoms with Crippen LogP contribution in [0.1, 0.15) is 10.4 Å². The van der Waals surface area contributed by atoms with Crippen LogP contribution in [0.4, 0.5) is 5.69 Å². The van der Waals surface area contributed by atoms with Gasteiger partial charge in [-0.3, -0.25) is 30.6 Å². The predicted octanol–water partition coefficient (Wildman–Crippen LogP) is 1.43. The number of amides is 2. The Morgan fingerprint density at radius 1 is 1.00 bits per heavy atom. The largest absolute Gasteiger partial charge is 0.484 e. The topological polar surface area (TPSA) is 111 Å². The third-order valence-corrected chi connectivity index (χ3v) is 2.77. The highest BCUT2D eigenvalue weighted by atomic mass is 16.6. The van der Waals surface area contributed by atoms with E-state index in [1.54, 1.807) is 30.3 Å². The normalized spacial score (nSPS) is 9.74. The summed E-state index contributed by atoms with van der Waals surface area (Å²) in [6.45, 7) is -0.340. The molecular weight excluding hydrogens is 302 g/mol. The van der Waals surface area contributed by atoms with Gasteiger partial charge in [-0.1, -0.05) is 18.2 Å². The summed E-state index contributed by atoms with van der Waals surface area (Å²) in [5.74, 6) is -0.706. The number of carbonyl (C=O) groups excluding carboxylic acids is 2. The summed E-state index contributed by atoms with van der Waals surface area (Å²) in [4.78, 5) is 33.2. The minimum atomic E-state index is -0.562. The van der Waals surface area contributed by atoms with Gasteiger partial charge in [-0.2, -0.15) is 0 Å². The zero-order valence-electron chi connectivity index (χ0n) is 11.9. The molecule has 0 atom stereocenters. The van der Waals surface area contributed by atoms with Crippen LogP contribution in [-0.4, -0.2) is 23.3 Å². The lowest BCUT2D eigenvalue weighted by atomic mass is 10.2. The number of rotatable bonds is 5. The predicted molar refractivity (Wildman–Crippen MR) is 80.6 cm³/mol. The molecule has 2 N–H and O–H groups in total. The van der Waals surface area contributed by atoms with Crippen molar-refractivity contribution in [3.8, 4) is 5.75 Å². The van der Waals surface area contributed by atoms with E-state index < -0.39 is 16.7 Å². The maximum Gasteiger partial charge on any atom is 0.276 e. The SMILES string of the molecule is O=C(COc1ccc([N+](=O)[O-])cc1)NNC(=O)c1ccccc1. The van der Waals surface area contributed by atoms with Crippen LogP contribution in [0.5, 0.6) is 5.75 Å². The number of benzene rings is 2. The fourth-order valence-electron chi connectivity index (χ4n) is 1.64. The van der Waals surface area contributed by atoms with E-state index in [0.29, 0.717) is 11.3 Å². The summed E-state index contributed by atoms with van der Waals surface area (Å²) in [5, 5.41) is 10.5. The maximum atomic E-state index is 11.7. The van der Waals surface area contributed by atoms with E-state index in [1.807, 2.05) is 0 Å². The van der Waals surface area contributed by atoms with E-state index in [0.717, 1.165) is 0 Å². The minimum absolute atomic E-state index is 0.0723. The molecule has 0 fully saturated rings. The molecule has 0 aliphatic carbocycles. The number of nitro benzene ring substituents is 1. The fraction of sp³-hybridized carbons (Fsp3) is 0.0667. The van der Waals surface area contributed by atoms with Crippen molar-refractivity contribution in [3.05, 3.63) is 70.3 Å². The standard InChI is InChI=1S/C15H13N3O5/c19-14(16-17-15(20)11-4-2-1-3-5-11)10-23-13-8-6-12(7-9-13)18(21)22/h1-9H,10H2,(H,16,19)(H,17,20). The highest BCUT2D eigenvalue weighted by Gasteiger charge is 2.08. The number of hydrogen-bond acceptors (Lipinski definition) is 5. The molecule has 0 unspecified atom stereocenters. The maximum absolute atomic E-state index is 11.7. The van der Waals surface area contributed by atoms with Crippen molar-refractivity contribution < 1.29 is 19.2 Å². The van der Waals surface area contributed by atoms with E-state index in [-0.39, 0.29) is 12.3 Å². The molecule has 0 aliphatic heterocycles. The van der Waals surface area contributed by atoms with Crippen LogP contribution in [0.2, 0.25) is 0 Å². The van der Waals surface area contributed by atoms with Crippen LogP contribution in [0.25, 0.3) is 0 Å². The van der Waals surface area contributed by atoms with Crippen molar-refractivity contribution in [2.75, 3.05) is 6.61 Å². The van der Waals surface area contributed by atoms with Gasteiger partial charge in [0.05, 0.1) is 4.92 Å². The minimum Gasteiger partial charge on any atom is -0.484 e. The molecule has 0 saturated carbocycles. The third-order valence-electron chi connectivity index (χ3n) is 2.77. The zero-order valence-corrected chi connectivity index (χ0v) is 11.9. The molecule has 0 saturated heterocycles. The van der Waals surface area contributed by atoms with Gasteiger partial charge in [0.25, 0.3) is 17.5 Å². The molecule has 0 spiro atoms. The van der Waals surface area contributed by atoms with Crippen molar-refractivity contribution in [3.63, 3.8) is 0 Å². The van der Waals surface area contributed by atoms with Gasteiger partial charge in [-0.15, -0.1) is 0 Å². The molecule has 23 heavy (non-hydrogen) atoms. The number of nitro groups is 1. The molecule has 2 amide bonds. The van der Waals surface area contributed by atoms with E-state index in [2.05, 4.69) is 10.9 Å². The Morgan fingerprint density at radius 3 is 2.26 bits per heavy atom. The Morgan fingerprint density at radius 2 is 1.65 bits per heavy atom. The summed E-state index contributed by atoms with van der Waals surface area (Å²) >= 11 is 0. The van der Waals surface area contributed by atoms with E-state index >= 15 is 0 Å². The molecule has 2 rings (SSSR count). The highest BCUT2D eigenvalue weighted by Crippen LogP contribution is 2.16. The second-order valence-corrected chi connectivity index (χ2v) is 4.41. The van der Waals surface area contributed by atoms with Crippen molar-refractivity contribution in [2.45, 2.75) is 0 Å². The van der Waals surface area contributed by atoms with Crippen LogP contribution in [0.3, 0.4) is 0 Å². The van der Waals surface area contributed by atoms with E-state index in [1.165, 1.54) is 24.3 Å². The first kappa shape index (κ1) is 16.0. The van der Waals surface area contributed by atoms with Gasteiger partial charge in [0, 0.05) is 17.7 Å². The lowest BCUT2D eigenvalue weighted by Gasteiger charge is -2.08. The molecule has 8 nitrogen and oxygen atoms in total. The van der Waals surface area contributed by atoms with Gasteiger partial charge < -0.3 is 4.74 Å². The molecule has 2 aromatic rings. The molecule has 118 valence electrons. The quantitative estimate of drug-likeness (QED) is 0.640. The lowest BCUT2D eigenvalue weighted by Crippen LogP contribution is -2.43. The zero-order chi connectivity index (χ0) is 16.7. The average molecular weight is 315 g/mol. The van der Waals surface area contributed by atoms with Gasteiger partial charge in [0.2, 0.25) is 0 Å². The molecule has 0 aromatic heterocycles. The second kappa shape index (κ2) is 7.55. The fourth-order valence-corrected chi connectivity index (χ4v) is 1.64. The van der Waals surface area contributed by atoms with E-state index in [4.69, 9.17) is 4.74 Å². The third kappa shape index (κ3) is 4.81. The number of nitrogens with one attached hydrogen (secondary N) is 2. The second-order valence-electron chi connectivity index (χ2n) is 4.41. The summed E-state index contributed by atoms with van der Waals surface area (Å²) in [6, 6.07) is 13.7. The molecule has 8 heteroatoms. The Bertz CT molecular complexity index is 701. The number of carbonyl (C=O) groups is 2. The van der Waals surface area contributed by atoms with Crippen LogP contribution in [0, 0.1) is 10.1 Å². The lowest BCUT2D eigenvalue weighted by molar-refractivity contribution is -0.384. The summed E-state index contributed by atoms with van der Waals surface area (Å²) in [5.41, 5.74) is 4.79. The van der Waals surface area contributed by atoms with Crippen LogP contribution in [-0.2, 0) is 4.79 Å². The van der Waals surface area contributed by atoms with Crippen LogP contribution < -0.4 is 15.6 Å². The molecule has 2 aromatic carbocycles. The first-order valence-corrected chi connectivity index (χ1v) is 6.58. The van der Waals surface area contributed by atoms with Crippen LogP contribution in [0.15, 0.2) is 54.6 Å². The van der Waals surface area contributed by atoms with Gasteiger partial charge >= 0.3 is 0 Å². The summed E-state index contributed by atoms with van der Waals surface area (Å²) < 4.78 is 5.15. The monoisotopic (exact) mass is 315 g/mol. The Labute approximate surface area is 131 Å². The number of ether oxygens (including phenoxy) is 1. The molecule has 0 radical (unpaired) electrons. The molecule has 0 heterocycles. The van der Waals surface area contributed by atoms with Crippen LogP contribution >= 0.6 is 0 Å². The van der Waals surface area contributed by atoms with Gasteiger partial charge in [0.1, 0.15) is 5.75 Å². The van der Waals surface area contributed by atoms with Gasteiger partial charge in [-0.25, -0.2) is 0 Å². The molecule has 0 aliphatic rings. The summed E-state index contributed by atoms with van der Waals surface area (Å²) in [7, 11) is 0. The number of non-ortho nitro benzene ring substituents is 1. The number of hydrazine groups is 1. The average Bonchev–Trinajstić information content (AvgIpc) is 2.59. The van der Waals surface area contributed by atoms with Gasteiger partial charge in [0.15, 0.2) is 6.61 Å². The molecular formula is C15H13N3O5. The van der Waals surface area contributed by atoms with Crippen molar-refractivity contribution in [2.24, 2.45) is 0 Å². The molecule has 0 bridgehead atoms. The number of nitrogens with zero attached hydrogens (tertiary/aromatic N) is 1. The Hall–Kier alpha value is -3.42. The van der Waals surface area contributed by atoms with Crippen molar-refractivity contribution in [1.29, 1.82) is 0 Å². The smallest absolute Gasteiger partial charge is 0.276 e. The summed E-state index contributed by atoms with van der Waals surface area (Å²) in [6.07, 6.45) is 0. The van der Waals surface area contributed by atoms with Gasteiger partial charge in [-0.05, 0) is 24.3 Å². The first-order valence-electron chi connectivity index (χ1n) is 6.58. The number of hydrogen-bond donors (Lipinski definition) is 2. The van der Waals surface area contributed by atoms with E-state index in [9.17, 15) is 19.7 Å².